The predicted molar refractivity (Wildman–Crippen MR) is 138 cm³/mol. The third-order valence-corrected chi connectivity index (χ3v) is 7.28. The zero-order valence-electron chi connectivity index (χ0n) is 19.5. The fourth-order valence-corrected chi connectivity index (χ4v) is 4.40. The van der Waals surface area contributed by atoms with Crippen LogP contribution in [0.5, 0.6) is 0 Å². The van der Waals surface area contributed by atoms with E-state index in [-0.39, 0.29) is 0 Å². The van der Waals surface area contributed by atoms with Crippen molar-refractivity contribution in [3.05, 3.63) is 93.8 Å². The zero-order chi connectivity index (χ0) is 24.5. The molecule has 0 radical (unpaired) electrons. The number of aryl methyl sites for hydroxylation is 1. The highest BCUT2D eigenvalue weighted by Crippen LogP contribution is 2.28. The Balaban J connectivity index is 1.66. The van der Waals surface area contributed by atoms with Gasteiger partial charge in [0.05, 0.1) is 5.69 Å². The minimum absolute atomic E-state index is 0.328. The normalized spacial score (nSPS) is 11.7. The number of benzene rings is 3. The molecular formula is C26H27N3O4S. The third-order valence-electron chi connectivity index (χ3n) is 5.83. The first-order valence-corrected chi connectivity index (χ1v) is 12.3. The second-order valence-electron chi connectivity index (χ2n) is 8.30. The van der Waals surface area contributed by atoms with Gasteiger partial charge in [-0.2, -0.15) is 12.7 Å². The quantitative estimate of drug-likeness (QED) is 0.379. The molecule has 0 spiro atoms. The van der Waals surface area contributed by atoms with Crippen LogP contribution in [0.25, 0.3) is 22.1 Å². The van der Waals surface area contributed by atoms with Crippen molar-refractivity contribution in [1.82, 2.24) is 4.31 Å². The largest absolute Gasteiger partial charge is 0.422 e. The van der Waals surface area contributed by atoms with Gasteiger partial charge >= 0.3 is 15.8 Å². The third kappa shape index (κ3) is 4.83. The first-order valence-electron chi connectivity index (χ1n) is 10.8. The van der Waals surface area contributed by atoms with E-state index in [1.54, 1.807) is 18.2 Å². The van der Waals surface area contributed by atoms with E-state index in [9.17, 15) is 13.2 Å². The summed E-state index contributed by atoms with van der Waals surface area (Å²) in [6.07, 6.45) is 0.328. The molecule has 1 aromatic heterocycles. The Morgan fingerprint density at radius 3 is 2.29 bits per heavy atom. The number of hydrogen-bond acceptors (Lipinski definition) is 5. The Hall–Kier alpha value is -3.62. The molecule has 0 atom stereocenters. The van der Waals surface area contributed by atoms with Gasteiger partial charge in [-0.3, -0.25) is 4.72 Å². The van der Waals surface area contributed by atoms with Gasteiger partial charge in [-0.1, -0.05) is 36.4 Å². The molecule has 3 aromatic carbocycles. The summed E-state index contributed by atoms with van der Waals surface area (Å²) in [5, 5.41) is 3.97. The fourth-order valence-electron chi connectivity index (χ4n) is 3.80. The van der Waals surface area contributed by atoms with E-state index in [2.05, 4.69) is 10.0 Å². The summed E-state index contributed by atoms with van der Waals surface area (Å²) in [6, 6.07) is 20.9. The smallest absolute Gasteiger partial charge is 0.340 e. The van der Waals surface area contributed by atoms with Crippen molar-refractivity contribution in [2.45, 2.75) is 13.3 Å². The molecular weight excluding hydrogens is 450 g/mol. The van der Waals surface area contributed by atoms with Crippen LogP contribution in [0.15, 0.2) is 75.9 Å². The summed E-state index contributed by atoms with van der Waals surface area (Å²) in [6.45, 7) is 1.91. The lowest BCUT2D eigenvalue weighted by molar-refractivity contribution is 0.527. The van der Waals surface area contributed by atoms with Crippen LogP contribution in [0, 0.1) is 6.92 Å². The molecule has 4 aromatic rings. The molecule has 7 nitrogen and oxygen atoms in total. The van der Waals surface area contributed by atoms with E-state index in [1.807, 2.05) is 62.5 Å². The van der Waals surface area contributed by atoms with Crippen LogP contribution in [-0.2, 0) is 16.6 Å². The van der Waals surface area contributed by atoms with Gasteiger partial charge in [0, 0.05) is 44.2 Å². The van der Waals surface area contributed by atoms with E-state index in [1.165, 1.54) is 14.1 Å². The van der Waals surface area contributed by atoms with E-state index < -0.39 is 15.8 Å². The second-order valence-corrected chi connectivity index (χ2v) is 10.2. The molecule has 0 aliphatic carbocycles. The predicted octanol–water partition coefficient (Wildman–Crippen LogP) is 4.62. The molecule has 4 rings (SSSR count). The Kier molecular flexibility index (Phi) is 6.45. The number of rotatable bonds is 7. The maximum atomic E-state index is 12.9. The maximum absolute atomic E-state index is 12.9. The van der Waals surface area contributed by atoms with E-state index in [4.69, 9.17) is 4.42 Å². The van der Waals surface area contributed by atoms with Crippen LogP contribution < -0.4 is 15.7 Å². The van der Waals surface area contributed by atoms with E-state index in [0.29, 0.717) is 23.3 Å². The Labute approximate surface area is 199 Å². The van der Waals surface area contributed by atoms with Crippen LogP contribution in [0.4, 0.5) is 11.4 Å². The minimum Gasteiger partial charge on any atom is -0.422 e. The van der Waals surface area contributed by atoms with Crippen molar-refractivity contribution in [3.63, 3.8) is 0 Å². The molecule has 0 saturated heterocycles. The van der Waals surface area contributed by atoms with Gasteiger partial charge in [0.15, 0.2) is 0 Å². The Morgan fingerprint density at radius 2 is 1.62 bits per heavy atom. The average Bonchev–Trinajstić information content (AvgIpc) is 2.81. The summed E-state index contributed by atoms with van der Waals surface area (Å²) in [5.74, 6) is 0. The van der Waals surface area contributed by atoms with Crippen molar-refractivity contribution < 1.29 is 12.8 Å². The summed E-state index contributed by atoms with van der Waals surface area (Å²) in [4.78, 5) is 12.9. The van der Waals surface area contributed by atoms with Crippen LogP contribution >= 0.6 is 0 Å². The van der Waals surface area contributed by atoms with Crippen molar-refractivity contribution in [3.8, 4) is 11.1 Å². The minimum atomic E-state index is -3.62. The molecule has 0 aliphatic heterocycles. The van der Waals surface area contributed by atoms with Crippen molar-refractivity contribution >= 4 is 32.6 Å². The van der Waals surface area contributed by atoms with Gasteiger partial charge in [-0.15, -0.1) is 0 Å². The van der Waals surface area contributed by atoms with Gasteiger partial charge < -0.3 is 9.73 Å². The molecule has 0 bridgehead atoms. The topological polar surface area (TPSA) is 91.6 Å². The van der Waals surface area contributed by atoms with Crippen LogP contribution in [0.3, 0.4) is 0 Å². The van der Waals surface area contributed by atoms with Crippen molar-refractivity contribution in [2.24, 2.45) is 0 Å². The highest BCUT2D eigenvalue weighted by molar-refractivity contribution is 7.90. The molecule has 0 fully saturated rings. The second kappa shape index (κ2) is 9.32. The van der Waals surface area contributed by atoms with Crippen LogP contribution in [0.1, 0.15) is 16.7 Å². The van der Waals surface area contributed by atoms with Crippen LogP contribution in [-0.4, -0.2) is 33.9 Å². The highest BCUT2D eigenvalue weighted by Gasteiger charge is 2.15. The molecule has 1 heterocycles. The molecule has 2 N–H and O–H groups in total. The van der Waals surface area contributed by atoms with Crippen molar-refractivity contribution in [2.75, 3.05) is 31.2 Å². The van der Waals surface area contributed by atoms with Gasteiger partial charge in [0.25, 0.3) is 0 Å². The lowest BCUT2D eigenvalue weighted by Crippen LogP contribution is -2.28. The summed E-state index contributed by atoms with van der Waals surface area (Å²) >= 11 is 0. The van der Waals surface area contributed by atoms with Gasteiger partial charge in [0.2, 0.25) is 0 Å². The number of nitrogens with zero attached hydrogens (tertiary/aromatic N) is 1. The molecule has 0 aliphatic rings. The molecule has 0 amide bonds. The average molecular weight is 478 g/mol. The summed E-state index contributed by atoms with van der Waals surface area (Å²) in [5.41, 5.74) is 5.79. The molecule has 8 heteroatoms. The first kappa shape index (κ1) is 23.5. The Bertz CT molecular complexity index is 1510. The lowest BCUT2D eigenvalue weighted by atomic mass is 9.97. The molecule has 0 unspecified atom stereocenters. The SMILES string of the molecule is CNc1ccc(-c2ccc3c(C)c(Cc4cccc(NS(=O)(=O)N(C)C)c4)c(=O)oc3c2)cc1. The van der Waals surface area contributed by atoms with E-state index >= 15 is 0 Å². The van der Waals surface area contributed by atoms with E-state index in [0.717, 1.165) is 37.6 Å². The fraction of sp³-hybridized carbons (Fsp3) is 0.192. The van der Waals surface area contributed by atoms with Crippen LogP contribution in [0.2, 0.25) is 0 Å². The van der Waals surface area contributed by atoms with Gasteiger partial charge in [-0.05, 0) is 59.5 Å². The maximum Gasteiger partial charge on any atom is 0.340 e. The summed E-state index contributed by atoms with van der Waals surface area (Å²) in [7, 11) is 1.17. The first-order chi connectivity index (χ1) is 16.2. The van der Waals surface area contributed by atoms with Gasteiger partial charge in [-0.25, -0.2) is 4.79 Å². The molecule has 34 heavy (non-hydrogen) atoms. The standard InChI is InChI=1S/C26H27N3O4S/c1-17-23-13-10-20(19-8-11-21(27-2)12-9-19)16-25(23)33-26(30)24(17)15-18-6-5-7-22(14-18)28-34(31,32)29(3)4/h5-14,16,27-28H,15H2,1-4H3. The number of hydrogen-bond donors (Lipinski definition) is 2. The number of fused-ring (bicyclic) bond motifs is 1. The van der Waals surface area contributed by atoms with Gasteiger partial charge in [0.1, 0.15) is 5.58 Å². The lowest BCUT2D eigenvalue weighted by Gasteiger charge is -2.14. The molecule has 176 valence electrons. The van der Waals surface area contributed by atoms with Crippen molar-refractivity contribution in [1.29, 1.82) is 0 Å². The summed E-state index contributed by atoms with van der Waals surface area (Å²) < 4.78 is 33.6. The number of anilines is 2. The highest BCUT2D eigenvalue weighted by atomic mass is 32.2. The Morgan fingerprint density at radius 1 is 0.912 bits per heavy atom. The zero-order valence-corrected chi connectivity index (χ0v) is 20.4. The number of nitrogens with one attached hydrogen (secondary N) is 2. The monoisotopic (exact) mass is 477 g/mol. The molecule has 0 saturated carbocycles.